The maximum atomic E-state index is 10.6. The van der Waals surface area contributed by atoms with Crippen molar-refractivity contribution >= 4 is 52.9 Å². The van der Waals surface area contributed by atoms with Gasteiger partial charge in [-0.1, -0.05) is 65.1 Å². The first-order chi connectivity index (χ1) is 7.93. The van der Waals surface area contributed by atoms with E-state index in [4.69, 9.17) is 51.1 Å². The molecule has 17 heavy (non-hydrogen) atoms. The van der Waals surface area contributed by atoms with Gasteiger partial charge in [0.25, 0.3) is 6.47 Å². The number of hydrogen-bond donors (Lipinski definition) is 0. The maximum Gasteiger partial charge on any atom is 0.294 e. The van der Waals surface area contributed by atoms with Crippen LogP contribution in [0.1, 0.15) is 12.0 Å². The summed E-state index contributed by atoms with van der Waals surface area (Å²) in [6, 6.07) is 8.95. The lowest BCUT2D eigenvalue weighted by atomic mass is 9.92. The number of benzene rings is 1. The Labute approximate surface area is 120 Å². The van der Waals surface area contributed by atoms with Crippen LogP contribution in [0.15, 0.2) is 30.3 Å². The van der Waals surface area contributed by atoms with Crippen molar-refractivity contribution in [1.29, 1.82) is 0 Å². The number of ether oxygens (including phenoxy) is 1. The van der Waals surface area contributed by atoms with Crippen molar-refractivity contribution in [2.24, 2.45) is 0 Å². The molecule has 0 amide bonds. The van der Waals surface area contributed by atoms with Crippen LogP contribution in [0, 0.1) is 0 Å². The minimum absolute atomic E-state index is 0.00363. The van der Waals surface area contributed by atoms with Gasteiger partial charge >= 0.3 is 0 Å². The third-order valence-electron chi connectivity index (χ3n) is 2.28. The second kappa shape index (κ2) is 6.14. The van der Waals surface area contributed by atoms with E-state index in [2.05, 4.69) is 0 Å². The van der Waals surface area contributed by atoms with Crippen molar-refractivity contribution in [2.45, 2.75) is 15.8 Å². The summed E-state index contributed by atoms with van der Waals surface area (Å²) in [5.41, 5.74) is -0.441. The number of rotatable bonds is 5. The Balaban J connectivity index is 3.13. The lowest BCUT2D eigenvalue weighted by Gasteiger charge is -2.33. The number of halogens is 4. The maximum absolute atomic E-state index is 10.6. The predicted octanol–water partition coefficient (Wildman–Crippen LogP) is 4.05. The highest BCUT2D eigenvalue weighted by Gasteiger charge is 2.41. The molecule has 0 aliphatic heterocycles. The molecule has 0 spiro atoms. The number of carbonyl (C=O) groups is 1. The summed E-state index contributed by atoms with van der Waals surface area (Å²) in [6.07, 6.45) is -0.0169. The molecule has 0 aromatic heterocycles. The van der Waals surface area contributed by atoms with Crippen molar-refractivity contribution in [2.75, 3.05) is 5.88 Å². The zero-order chi connectivity index (χ0) is 12.9. The normalized spacial score (nSPS) is 15.1. The molecule has 0 aliphatic rings. The molecule has 0 heterocycles. The Bertz CT molecular complexity index is 363. The highest BCUT2D eigenvalue weighted by Crippen LogP contribution is 2.42. The van der Waals surface area contributed by atoms with Gasteiger partial charge in [0, 0.05) is 6.42 Å². The van der Waals surface area contributed by atoms with Crippen LogP contribution in [-0.2, 0) is 15.1 Å². The average Bonchev–Trinajstić information content (AvgIpc) is 2.28. The minimum atomic E-state index is -1.56. The lowest BCUT2D eigenvalue weighted by Crippen LogP contribution is -2.36. The van der Waals surface area contributed by atoms with Gasteiger partial charge in [-0.05, 0) is 5.56 Å². The molecule has 2 nitrogen and oxygen atoms in total. The van der Waals surface area contributed by atoms with Gasteiger partial charge in [0.1, 0.15) is 0 Å². The van der Waals surface area contributed by atoms with Crippen molar-refractivity contribution in [3.05, 3.63) is 35.9 Å². The molecule has 1 unspecified atom stereocenters. The summed E-state index contributed by atoms with van der Waals surface area (Å²) in [5.74, 6) is 0.00363. The topological polar surface area (TPSA) is 26.3 Å². The zero-order valence-electron chi connectivity index (χ0n) is 8.71. The minimum Gasteiger partial charge on any atom is -0.455 e. The van der Waals surface area contributed by atoms with Gasteiger partial charge in [-0.2, -0.15) is 0 Å². The Morgan fingerprint density at radius 1 is 1.18 bits per heavy atom. The van der Waals surface area contributed by atoms with Crippen LogP contribution in [0.4, 0.5) is 0 Å². The van der Waals surface area contributed by atoms with E-state index >= 15 is 0 Å². The summed E-state index contributed by atoms with van der Waals surface area (Å²) < 4.78 is 3.51. The fraction of sp³-hybridized carbons (Fsp3) is 0.364. The molecule has 0 saturated carbocycles. The van der Waals surface area contributed by atoms with E-state index < -0.39 is 9.39 Å². The van der Waals surface area contributed by atoms with Crippen LogP contribution in [0.2, 0.25) is 0 Å². The SMILES string of the molecule is O=COC(CCl)(CC(Cl)(Cl)Cl)c1ccccc1. The highest BCUT2D eigenvalue weighted by molar-refractivity contribution is 6.67. The fourth-order valence-corrected chi connectivity index (χ4v) is 2.48. The molecule has 0 bridgehead atoms. The van der Waals surface area contributed by atoms with E-state index in [1.165, 1.54) is 0 Å². The van der Waals surface area contributed by atoms with E-state index in [1.807, 2.05) is 6.07 Å². The molecule has 0 radical (unpaired) electrons. The van der Waals surface area contributed by atoms with E-state index in [9.17, 15) is 4.79 Å². The molecule has 94 valence electrons. The van der Waals surface area contributed by atoms with Gasteiger partial charge in [-0.25, -0.2) is 0 Å². The van der Waals surface area contributed by atoms with Crippen molar-refractivity contribution in [3.8, 4) is 0 Å². The van der Waals surface area contributed by atoms with E-state index in [-0.39, 0.29) is 12.3 Å². The molecular formula is C11H10Cl4O2. The van der Waals surface area contributed by atoms with E-state index in [0.29, 0.717) is 12.0 Å². The van der Waals surface area contributed by atoms with Gasteiger partial charge in [-0.15, -0.1) is 11.6 Å². The molecule has 1 atom stereocenters. The second-order valence-electron chi connectivity index (χ2n) is 3.50. The summed E-state index contributed by atoms with van der Waals surface area (Å²) in [5, 5.41) is 0. The van der Waals surface area contributed by atoms with Crippen molar-refractivity contribution in [3.63, 3.8) is 0 Å². The Kier molecular flexibility index (Phi) is 5.39. The summed E-state index contributed by atoms with van der Waals surface area (Å²) >= 11 is 23.2. The van der Waals surface area contributed by atoms with Crippen molar-refractivity contribution in [1.82, 2.24) is 0 Å². The first-order valence-corrected chi connectivity index (χ1v) is 6.40. The van der Waals surface area contributed by atoms with E-state index in [1.54, 1.807) is 24.3 Å². The van der Waals surface area contributed by atoms with Crippen LogP contribution in [-0.4, -0.2) is 16.1 Å². The number of alkyl halides is 4. The summed E-state index contributed by atoms with van der Waals surface area (Å²) in [6.45, 7) is 0.311. The molecule has 0 N–H and O–H groups in total. The van der Waals surface area contributed by atoms with Gasteiger partial charge in [-0.3, -0.25) is 4.79 Å². The molecule has 6 heteroatoms. The van der Waals surface area contributed by atoms with Gasteiger partial charge in [0.15, 0.2) is 9.39 Å². The average molecular weight is 316 g/mol. The van der Waals surface area contributed by atoms with Crippen LogP contribution in [0.3, 0.4) is 0 Å². The van der Waals surface area contributed by atoms with Gasteiger partial charge < -0.3 is 4.74 Å². The smallest absolute Gasteiger partial charge is 0.294 e. The Morgan fingerprint density at radius 3 is 2.18 bits per heavy atom. The monoisotopic (exact) mass is 314 g/mol. The quantitative estimate of drug-likeness (QED) is 0.605. The fourth-order valence-electron chi connectivity index (χ4n) is 1.53. The molecule has 1 aromatic rings. The van der Waals surface area contributed by atoms with Gasteiger partial charge in [0.05, 0.1) is 5.88 Å². The van der Waals surface area contributed by atoms with E-state index in [0.717, 1.165) is 0 Å². The highest BCUT2D eigenvalue weighted by atomic mass is 35.6. The summed E-state index contributed by atoms with van der Waals surface area (Å²) in [7, 11) is 0. The molecule has 0 saturated heterocycles. The molecule has 0 aliphatic carbocycles. The molecule has 1 rings (SSSR count). The third kappa shape index (κ3) is 4.22. The molecular weight excluding hydrogens is 306 g/mol. The first-order valence-electron chi connectivity index (χ1n) is 4.73. The van der Waals surface area contributed by atoms with Crippen LogP contribution < -0.4 is 0 Å². The van der Waals surface area contributed by atoms with Gasteiger partial charge in [0.2, 0.25) is 0 Å². The zero-order valence-corrected chi connectivity index (χ0v) is 11.7. The van der Waals surface area contributed by atoms with Crippen LogP contribution in [0.25, 0.3) is 0 Å². The van der Waals surface area contributed by atoms with Crippen molar-refractivity contribution < 1.29 is 9.53 Å². The number of carbonyl (C=O) groups excluding carboxylic acids is 1. The lowest BCUT2D eigenvalue weighted by molar-refractivity contribution is -0.143. The number of hydrogen-bond acceptors (Lipinski definition) is 2. The predicted molar refractivity (Wildman–Crippen MR) is 70.9 cm³/mol. The second-order valence-corrected chi connectivity index (χ2v) is 6.28. The van der Waals surface area contributed by atoms with Crippen LogP contribution in [0.5, 0.6) is 0 Å². The Morgan fingerprint density at radius 2 is 1.76 bits per heavy atom. The largest absolute Gasteiger partial charge is 0.455 e. The molecule has 1 aromatic carbocycles. The van der Waals surface area contributed by atoms with Crippen LogP contribution >= 0.6 is 46.4 Å². The standard InChI is InChI=1S/C11H10Cl4O2/c12-7-10(17-8-16,6-11(13,14)15)9-4-2-1-3-5-9/h1-5,8H,6-7H2. The first kappa shape index (κ1) is 14.9. The third-order valence-corrected chi connectivity index (χ3v) is 3.11. The molecule has 0 fully saturated rings. The Hall–Kier alpha value is -0.150. The summed E-state index contributed by atoms with van der Waals surface area (Å²) in [4.78, 5) is 10.6.